The SMILES string of the molecule is CCOc1ccc(C2C(N)CCCN2C(C)C)cc1. The van der Waals surface area contributed by atoms with Crippen LogP contribution in [0.4, 0.5) is 0 Å². The van der Waals surface area contributed by atoms with E-state index in [1.54, 1.807) is 0 Å². The van der Waals surface area contributed by atoms with Crippen molar-refractivity contribution < 1.29 is 4.74 Å². The highest BCUT2D eigenvalue weighted by atomic mass is 16.5. The highest BCUT2D eigenvalue weighted by molar-refractivity contribution is 5.30. The maximum Gasteiger partial charge on any atom is 0.119 e. The lowest BCUT2D eigenvalue weighted by Crippen LogP contribution is -2.48. The maximum atomic E-state index is 6.36. The Hall–Kier alpha value is -1.06. The molecule has 1 aromatic rings. The molecule has 0 amide bonds. The van der Waals surface area contributed by atoms with Crippen LogP contribution in [0.3, 0.4) is 0 Å². The van der Waals surface area contributed by atoms with Gasteiger partial charge < -0.3 is 10.5 Å². The Morgan fingerprint density at radius 2 is 2.00 bits per heavy atom. The Labute approximate surface area is 116 Å². The molecule has 2 rings (SSSR count). The normalized spacial score (nSPS) is 24.7. The summed E-state index contributed by atoms with van der Waals surface area (Å²) >= 11 is 0. The van der Waals surface area contributed by atoms with Crippen LogP contribution in [-0.4, -0.2) is 30.1 Å². The molecule has 1 fully saturated rings. The predicted octanol–water partition coefficient (Wildman–Crippen LogP) is 2.96. The van der Waals surface area contributed by atoms with Crippen LogP contribution in [0.5, 0.6) is 5.75 Å². The second-order valence-corrected chi connectivity index (χ2v) is 5.58. The molecule has 0 aromatic heterocycles. The molecule has 2 N–H and O–H groups in total. The molecule has 1 heterocycles. The summed E-state index contributed by atoms with van der Waals surface area (Å²) in [4.78, 5) is 2.52. The lowest BCUT2D eigenvalue weighted by Gasteiger charge is -2.42. The summed E-state index contributed by atoms with van der Waals surface area (Å²) in [5, 5.41) is 0. The maximum absolute atomic E-state index is 6.36. The van der Waals surface area contributed by atoms with E-state index in [9.17, 15) is 0 Å². The van der Waals surface area contributed by atoms with E-state index in [-0.39, 0.29) is 6.04 Å². The first kappa shape index (κ1) is 14.4. The van der Waals surface area contributed by atoms with Crippen LogP contribution in [0.15, 0.2) is 24.3 Å². The van der Waals surface area contributed by atoms with Crippen LogP contribution in [0.1, 0.15) is 45.2 Å². The lowest BCUT2D eigenvalue weighted by atomic mass is 9.90. The van der Waals surface area contributed by atoms with E-state index in [1.165, 1.54) is 12.0 Å². The first-order chi connectivity index (χ1) is 9.13. The summed E-state index contributed by atoms with van der Waals surface area (Å²) in [6.07, 6.45) is 2.31. The molecule has 1 aromatic carbocycles. The zero-order valence-corrected chi connectivity index (χ0v) is 12.3. The Kier molecular flexibility index (Phi) is 4.83. The summed E-state index contributed by atoms with van der Waals surface area (Å²) in [5.74, 6) is 0.937. The molecular weight excluding hydrogens is 236 g/mol. The van der Waals surface area contributed by atoms with Gasteiger partial charge in [-0.3, -0.25) is 4.90 Å². The average molecular weight is 262 g/mol. The summed E-state index contributed by atoms with van der Waals surface area (Å²) in [6.45, 7) is 8.36. The van der Waals surface area contributed by atoms with E-state index in [0.717, 1.165) is 18.7 Å². The summed E-state index contributed by atoms with van der Waals surface area (Å²) in [5.41, 5.74) is 7.67. The van der Waals surface area contributed by atoms with Crippen LogP contribution in [0.25, 0.3) is 0 Å². The third kappa shape index (κ3) is 3.28. The predicted molar refractivity (Wildman–Crippen MR) is 79.4 cm³/mol. The molecule has 19 heavy (non-hydrogen) atoms. The number of benzene rings is 1. The third-order valence-electron chi connectivity index (χ3n) is 3.91. The molecule has 0 bridgehead atoms. The number of nitrogens with two attached hydrogens (primary N) is 1. The molecule has 1 saturated heterocycles. The van der Waals surface area contributed by atoms with E-state index in [1.807, 2.05) is 6.92 Å². The summed E-state index contributed by atoms with van der Waals surface area (Å²) in [6, 6.07) is 9.53. The van der Waals surface area contributed by atoms with Crippen molar-refractivity contribution in [1.82, 2.24) is 4.90 Å². The number of hydrogen-bond donors (Lipinski definition) is 1. The van der Waals surface area contributed by atoms with Crippen molar-refractivity contribution in [2.24, 2.45) is 5.73 Å². The minimum atomic E-state index is 0.231. The Morgan fingerprint density at radius 1 is 1.32 bits per heavy atom. The van der Waals surface area contributed by atoms with Crippen molar-refractivity contribution in [2.75, 3.05) is 13.2 Å². The number of likely N-dealkylation sites (tertiary alicyclic amines) is 1. The Bertz CT molecular complexity index is 388. The fourth-order valence-corrected chi connectivity index (χ4v) is 3.00. The van der Waals surface area contributed by atoms with E-state index >= 15 is 0 Å². The van der Waals surface area contributed by atoms with Gasteiger partial charge in [-0.2, -0.15) is 0 Å². The van der Waals surface area contributed by atoms with Crippen molar-refractivity contribution >= 4 is 0 Å². The number of ether oxygens (including phenoxy) is 1. The quantitative estimate of drug-likeness (QED) is 0.906. The number of rotatable bonds is 4. The van der Waals surface area contributed by atoms with Crippen molar-refractivity contribution in [3.8, 4) is 5.75 Å². The second-order valence-electron chi connectivity index (χ2n) is 5.58. The van der Waals surface area contributed by atoms with Gasteiger partial charge in [-0.25, -0.2) is 0 Å². The van der Waals surface area contributed by atoms with Crippen LogP contribution in [-0.2, 0) is 0 Å². The molecule has 106 valence electrons. The largest absolute Gasteiger partial charge is 0.494 e. The fraction of sp³-hybridized carbons (Fsp3) is 0.625. The monoisotopic (exact) mass is 262 g/mol. The van der Waals surface area contributed by atoms with Gasteiger partial charge in [0.2, 0.25) is 0 Å². The highest BCUT2D eigenvalue weighted by Gasteiger charge is 2.31. The number of nitrogens with zero attached hydrogens (tertiary/aromatic N) is 1. The zero-order chi connectivity index (χ0) is 13.8. The molecule has 2 unspecified atom stereocenters. The molecule has 0 aliphatic carbocycles. The highest BCUT2D eigenvalue weighted by Crippen LogP contribution is 2.32. The molecule has 3 heteroatoms. The molecule has 0 radical (unpaired) electrons. The fourth-order valence-electron chi connectivity index (χ4n) is 3.00. The smallest absolute Gasteiger partial charge is 0.119 e. The summed E-state index contributed by atoms with van der Waals surface area (Å²) in [7, 11) is 0. The van der Waals surface area contributed by atoms with Gasteiger partial charge in [0.15, 0.2) is 0 Å². The van der Waals surface area contributed by atoms with Crippen molar-refractivity contribution in [3.05, 3.63) is 29.8 Å². The zero-order valence-electron chi connectivity index (χ0n) is 12.3. The molecule has 3 nitrogen and oxygen atoms in total. The van der Waals surface area contributed by atoms with Crippen LogP contribution in [0.2, 0.25) is 0 Å². The van der Waals surface area contributed by atoms with E-state index < -0.39 is 0 Å². The molecule has 2 atom stereocenters. The lowest BCUT2D eigenvalue weighted by molar-refractivity contribution is 0.0947. The van der Waals surface area contributed by atoms with Crippen molar-refractivity contribution in [2.45, 2.75) is 51.7 Å². The van der Waals surface area contributed by atoms with Gasteiger partial charge in [0, 0.05) is 12.1 Å². The van der Waals surface area contributed by atoms with E-state index in [0.29, 0.717) is 18.7 Å². The molecule has 0 spiro atoms. The van der Waals surface area contributed by atoms with Gasteiger partial charge in [-0.05, 0) is 57.9 Å². The Morgan fingerprint density at radius 3 is 2.58 bits per heavy atom. The molecule has 0 saturated carbocycles. The number of piperidine rings is 1. The topological polar surface area (TPSA) is 38.5 Å². The van der Waals surface area contributed by atoms with E-state index in [4.69, 9.17) is 10.5 Å². The first-order valence-electron chi connectivity index (χ1n) is 7.37. The van der Waals surface area contributed by atoms with Gasteiger partial charge in [-0.1, -0.05) is 12.1 Å². The van der Waals surface area contributed by atoms with E-state index in [2.05, 4.69) is 43.0 Å². The van der Waals surface area contributed by atoms with Crippen LogP contribution < -0.4 is 10.5 Å². The van der Waals surface area contributed by atoms with Gasteiger partial charge in [0.1, 0.15) is 5.75 Å². The minimum absolute atomic E-state index is 0.231. The van der Waals surface area contributed by atoms with Crippen molar-refractivity contribution in [1.29, 1.82) is 0 Å². The molecular formula is C16H26N2O. The molecule has 1 aliphatic heterocycles. The average Bonchev–Trinajstić information content (AvgIpc) is 2.40. The minimum Gasteiger partial charge on any atom is -0.494 e. The van der Waals surface area contributed by atoms with Gasteiger partial charge in [0.25, 0.3) is 0 Å². The van der Waals surface area contributed by atoms with Crippen molar-refractivity contribution in [3.63, 3.8) is 0 Å². The molecule has 1 aliphatic rings. The third-order valence-corrected chi connectivity index (χ3v) is 3.91. The van der Waals surface area contributed by atoms with Gasteiger partial charge in [-0.15, -0.1) is 0 Å². The van der Waals surface area contributed by atoms with Crippen LogP contribution >= 0.6 is 0 Å². The van der Waals surface area contributed by atoms with Gasteiger partial charge in [0.05, 0.1) is 12.6 Å². The standard InChI is InChI=1S/C16H26N2O/c1-4-19-14-9-7-13(8-10-14)16-15(17)6-5-11-18(16)12(2)3/h7-10,12,15-16H,4-6,11,17H2,1-3H3. The number of hydrogen-bond acceptors (Lipinski definition) is 3. The van der Waals surface area contributed by atoms with Gasteiger partial charge >= 0.3 is 0 Å². The van der Waals surface area contributed by atoms with Crippen LogP contribution in [0, 0.1) is 0 Å². The first-order valence-corrected chi connectivity index (χ1v) is 7.37. The summed E-state index contributed by atoms with van der Waals surface area (Å²) < 4.78 is 5.50. The second kappa shape index (κ2) is 6.40. The Balaban J connectivity index is 2.20.